The number of hydrogen-bond donors (Lipinski definition) is 2. The van der Waals surface area contributed by atoms with Crippen LogP contribution in [-0.2, 0) is 11.2 Å². The summed E-state index contributed by atoms with van der Waals surface area (Å²) in [5.41, 5.74) is 7.10. The Hall–Kier alpha value is -2.43. The van der Waals surface area contributed by atoms with Gasteiger partial charge in [0.2, 0.25) is 5.91 Å². The standard InChI is InChI=1S/C13H12FN3O/c14-10-8-16-6-5-12(10)17-13(18)7-9-3-1-2-4-11(9)15/h1-6,8H,7,15H2,(H,16,17,18). The maximum Gasteiger partial charge on any atom is 0.228 e. The van der Waals surface area contributed by atoms with Crippen molar-refractivity contribution in [3.63, 3.8) is 0 Å². The average molecular weight is 245 g/mol. The smallest absolute Gasteiger partial charge is 0.228 e. The van der Waals surface area contributed by atoms with E-state index in [4.69, 9.17) is 5.73 Å². The van der Waals surface area contributed by atoms with Gasteiger partial charge in [0.15, 0.2) is 5.82 Å². The molecule has 0 saturated carbocycles. The van der Waals surface area contributed by atoms with Gasteiger partial charge in [0.1, 0.15) is 0 Å². The van der Waals surface area contributed by atoms with Crippen molar-refractivity contribution < 1.29 is 9.18 Å². The highest BCUT2D eigenvalue weighted by atomic mass is 19.1. The second-order valence-corrected chi connectivity index (χ2v) is 3.78. The molecule has 0 spiro atoms. The number of nitrogen functional groups attached to an aromatic ring is 1. The van der Waals surface area contributed by atoms with Crippen LogP contribution in [0.1, 0.15) is 5.56 Å². The fraction of sp³-hybridized carbons (Fsp3) is 0.0769. The lowest BCUT2D eigenvalue weighted by Gasteiger charge is -2.07. The predicted molar refractivity (Wildman–Crippen MR) is 67.4 cm³/mol. The average Bonchev–Trinajstić information content (AvgIpc) is 2.35. The summed E-state index contributed by atoms with van der Waals surface area (Å²) in [7, 11) is 0. The van der Waals surface area contributed by atoms with Crippen molar-refractivity contribution in [1.29, 1.82) is 0 Å². The predicted octanol–water partition coefficient (Wildman–Crippen LogP) is 1.98. The first kappa shape index (κ1) is 12.0. The molecule has 1 heterocycles. The van der Waals surface area contributed by atoms with Gasteiger partial charge < -0.3 is 11.1 Å². The molecule has 2 aromatic rings. The molecule has 0 radical (unpaired) electrons. The molecule has 0 atom stereocenters. The molecule has 0 saturated heterocycles. The Bertz CT molecular complexity index is 522. The molecule has 4 nitrogen and oxygen atoms in total. The molecule has 1 aromatic heterocycles. The molecule has 18 heavy (non-hydrogen) atoms. The number of benzene rings is 1. The van der Waals surface area contributed by atoms with Crippen molar-refractivity contribution >= 4 is 17.3 Å². The summed E-state index contributed by atoms with van der Waals surface area (Å²) in [6.07, 6.45) is 2.57. The zero-order valence-corrected chi connectivity index (χ0v) is 9.56. The van der Waals surface area contributed by atoms with E-state index in [1.807, 2.05) is 0 Å². The molecule has 0 unspecified atom stereocenters. The van der Waals surface area contributed by atoms with E-state index in [9.17, 15) is 9.18 Å². The van der Waals surface area contributed by atoms with Crippen molar-refractivity contribution in [3.05, 3.63) is 54.1 Å². The van der Waals surface area contributed by atoms with Crippen LogP contribution < -0.4 is 11.1 Å². The minimum atomic E-state index is -0.563. The second-order valence-electron chi connectivity index (χ2n) is 3.78. The SMILES string of the molecule is Nc1ccccc1CC(=O)Nc1ccncc1F. The number of para-hydroxylation sites is 1. The van der Waals surface area contributed by atoms with Crippen molar-refractivity contribution in [1.82, 2.24) is 4.98 Å². The summed E-state index contributed by atoms with van der Waals surface area (Å²) in [5, 5.41) is 2.48. The molecular weight excluding hydrogens is 233 g/mol. The first-order valence-corrected chi connectivity index (χ1v) is 5.39. The van der Waals surface area contributed by atoms with Gasteiger partial charge in [-0.05, 0) is 17.7 Å². The van der Waals surface area contributed by atoms with E-state index in [2.05, 4.69) is 10.3 Å². The van der Waals surface area contributed by atoms with Crippen LogP contribution in [-0.4, -0.2) is 10.9 Å². The maximum absolute atomic E-state index is 13.3. The van der Waals surface area contributed by atoms with Crippen LogP contribution in [0.25, 0.3) is 0 Å². The topological polar surface area (TPSA) is 68.0 Å². The van der Waals surface area contributed by atoms with Gasteiger partial charge in [-0.25, -0.2) is 4.39 Å². The van der Waals surface area contributed by atoms with E-state index in [0.29, 0.717) is 11.3 Å². The number of amides is 1. The monoisotopic (exact) mass is 245 g/mol. The van der Waals surface area contributed by atoms with E-state index in [-0.39, 0.29) is 18.0 Å². The highest BCUT2D eigenvalue weighted by molar-refractivity contribution is 5.93. The van der Waals surface area contributed by atoms with E-state index in [0.717, 1.165) is 6.20 Å². The van der Waals surface area contributed by atoms with Gasteiger partial charge in [0.05, 0.1) is 18.3 Å². The highest BCUT2D eigenvalue weighted by Crippen LogP contribution is 2.14. The highest BCUT2D eigenvalue weighted by Gasteiger charge is 2.08. The Balaban J connectivity index is 2.06. The number of hydrogen-bond acceptors (Lipinski definition) is 3. The van der Waals surface area contributed by atoms with Gasteiger partial charge in [-0.15, -0.1) is 0 Å². The van der Waals surface area contributed by atoms with Crippen LogP contribution in [0.4, 0.5) is 15.8 Å². The van der Waals surface area contributed by atoms with Gasteiger partial charge in [-0.1, -0.05) is 18.2 Å². The lowest BCUT2D eigenvalue weighted by molar-refractivity contribution is -0.115. The Morgan fingerprint density at radius 2 is 2.11 bits per heavy atom. The summed E-state index contributed by atoms with van der Waals surface area (Å²) in [6.45, 7) is 0. The number of rotatable bonds is 3. The third kappa shape index (κ3) is 2.82. The lowest BCUT2D eigenvalue weighted by atomic mass is 10.1. The zero-order chi connectivity index (χ0) is 13.0. The van der Waals surface area contributed by atoms with Crippen molar-refractivity contribution in [3.8, 4) is 0 Å². The third-order valence-electron chi connectivity index (χ3n) is 2.45. The van der Waals surface area contributed by atoms with Crippen LogP contribution in [0.2, 0.25) is 0 Å². The first-order chi connectivity index (χ1) is 8.66. The quantitative estimate of drug-likeness (QED) is 0.812. The minimum Gasteiger partial charge on any atom is -0.398 e. The number of halogens is 1. The molecule has 0 aliphatic heterocycles. The Kier molecular flexibility index (Phi) is 3.52. The van der Waals surface area contributed by atoms with Crippen LogP contribution in [0.3, 0.4) is 0 Å². The van der Waals surface area contributed by atoms with Crippen molar-refractivity contribution in [2.45, 2.75) is 6.42 Å². The number of aromatic nitrogens is 1. The van der Waals surface area contributed by atoms with E-state index < -0.39 is 5.82 Å². The Morgan fingerprint density at radius 1 is 1.33 bits per heavy atom. The van der Waals surface area contributed by atoms with Crippen molar-refractivity contribution in [2.24, 2.45) is 0 Å². The summed E-state index contributed by atoms with van der Waals surface area (Å²) in [5.74, 6) is -0.884. The Morgan fingerprint density at radius 3 is 2.83 bits per heavy atom. The lowest BCUT2D eigenvalue weighted by Crippen LogP contribution is -2.16. The molecule has 3 N–H and O–H groups in total. The second kappa shape index (κ2) is 5.27. The number of carbonyl (C=O) groups excluding carboxylic acids is 1. The van der Waals surface area contributed by atoms with Gasteiger partial charge in [-0.3, -0.25) is 9.78 Å². The molecule has 0 aliphatic rings. The first-order valence-electron chi connectivity index (χ1n) is 5.39. The zero-order valence-electron chi connectivity index (χ0n) is 9.56. The number of anilines is 2. The number of nitrogens with zero attached hydrogens (tertiary/aromatic N) is 1. The number of nitrogens with two attached hydrogens (primary N) is 1. The van der Waals surface area contributed by atoms with Gasteiger partial charge in [0, 0.05) is 11.9 Å². The fourth-order valence-electron chi connectivity index (χ4n) is 1.54. The molecule has 0 fully saturated rings. The molecule has 1 amide bonds. The normalized spacial score (nSPS) is 10.1. The molecule has 0 aliphatic carbocycles. The molecular formula is C13H12FN3O. The van der Waals surface area contributed by atoms with Crippen LogP contribution >= 0.6 is 0 Å². The third-order valence-corrected chi connectivity index (χ3v) is 2.45. The molecule has 2 rings (SSSR count). The molecule has 92 valence electrons. The van der Waals surface area contributed by atoms with Gasteiger partial charge in [0.25, 0.3) is 0 Å². The number of nitrogens with one attached hydrogen (secondary N) is 1. The fourth-order valence-corrected chi connectivity index (χ4v) is 1.54. The largest absolute Gasteiger partial charge is 0.398 e. The molecule has 0 bridgehead atoms. The van der Waals surface area contributed by atoms with Crippen LogP contribution in [0, 0.1) is 5.82 Å². The molecule has 1 aromatic carbocycles. The summed E-state index contributed by atoms with van der Waals surface area (Å²) < 4.78 is 13.3. The summed E-state index contributed by atoms with van der Waals surface area (Å²) in [4.78, 5) is 15.3. The van der Waals surface area contributed by atoms with Crippen molar-refractivity contribution in [2.75, 3.05) is 11.1 Å². The van der Waals surface area contributed by atoms with Crippen LogP contribution in [0.15, 0.2) is 42.7 Å². The minimum absolute atomic E-state index is 0.106. The van der Waals surface area contributed by atoms with E-state index in [1.54, 1.807) is 24.3 Å². The number of pyridine rings is 1. The maximum atomic E-state index is 13.3. The van der Waals surface area contributed by atoms with Gasteiger partial charge >= 0.3 is 0 Å². The van der Waals surface area contributed by atoms with Crippen LogP contribution in [0.5, 0.6) is 0 Å². The van der Waals surface area contributed by atoms with Gasteiger partial charge in [-0.2, -0.15) is 0 Å². The summed E-state index contributed by atoms with van der Waals surface area (Å²) in [6, 6.07) is 8.47. The summed E-state index contributed by atoms with van der Waals surface area (Å²) >= 11 is 0. The van der Waals surface area contributed by atoms with E-state index >= 15 is 0 Å². The van der Waals surface area contributed by atoms with E-state index in [1.165, 1.54) is 12.3 Å². The molecule has 5 heteroatoms. The Labute approximate surface area is 104 Å². The number of carbonyl (C=O) groups is 1.